The third-order valence-corrected chi connectivity index (χ3v) is 2.31. The summed E-state index contributed by atoms with van der Waals surface area (Å²) < 4.78 is 0. The second-order valence-corrected chi connectivity index (χ2v) is 4.82. The van der Waals surface area contributed by atoms with E-state index in [0.29, 0.717) is 30.5 Å². The van der Waals surface area contributed by atoms with E-state index in [9.17, 15) is 4.79 Å². The minimum atomic E-state index is 0.320. The van der Waals surface area contributed by atoms with Gasteiger partial charge >= 0.3 is 0 Å². The van der Waals surface area contributed by atoms with Crippen LogP contribution in [0.4, 0.5) is 0 Å². The van der Waals surface area contributed by atoms with Crippen LogP contribution in [-0.4, -0.2) is 5.78 Å². The molecule has 16 heavy (non-hydrogen) atoms. The van der Waals surface area contributed by atoms with Crippen LogP contribution in [0.2, 0.25) is 0 Å². The molecule has 0 aromatic carbocycles. The van der Waals surface area contributed by atoms with Crippen molar-refractivity contribution in [2.75, 3.05) is 0 Å². The van der Waals surface area contributed by atoms with Crippen molar-refractivity contribution in [2.24, 2.45) is 11.8 Å². The Bertz CT molecular complexity index is 282. The minimum Gasteiger partial charge on any atom is -0.300 e. The molecule has 1 atom stereocenters. The summed E-state index contributed by atoms with van der Waals surface area (Å²) in [7, 11) is 0. The maximum atomic E-state index is 11.6. The zero-order chi connectivity index (χ0) is 12.6. The van der Waals surface area contributed by atoms with Crippen LogP contribution < -0.4 is 0 Å². The van der Waals surface area contributed by atoms with Crippen molar-refractivity contribution >= 4 is 5.78 Å². The smallest absolute Gasteiger partial charge is 0.133 e. The Labute approximate surface area is 99.9 Å². The number of ketones is 1. The molecule has 0 aromatic heterocycles. The van der Waals surface area contributed by atoms with Gasteiger partial charge in [-0.2, -0.15) is 0 Å². The highest BCUT2D eigenvalue weighted by molar-refractivity contribution is 5.78. The first kappa shape index (κ1) is 14.9. The molecule has 90 valence electrons. The third kappa shape index (κ3) is 8.22. The van der Waals surface area contributed by atoms with Crippen LogP contribution in [0.3, 0.4) is 0 Å². The molecule has 0 aliphatic heterocycles. The van der Waals surface area contributed by atoms with Gasteiger partial charge in [-0.3, -0.25) is 4.79 Å². The second-order valence-electron chi connectivity index (χ2n) is 4.82. The zero-order valence-electron chi connectivity index (χ0n) is 11.0. The van der Waals surface area contributed by atoms with E-state index in [1.165, 1.54) is 0 Å². The Kier molecular flexibility index (Phi) is 7.53. The predicted octanol–water partition coefficient (Wildman–Crippen LogP) is 4.32. The van der Waals surface area contributed by atoms with Crippen molar-refractivity contribution in [3.63, 3.8) is 0 Å². The summed E-state index contributed by atoms with van der Waals surface area (Å²) in [6, 6.07) is 0. The lowest BCUT2D eigenvalue weighted by atomic mass is 9.98. The summed E-state index contributed by atoms with van der Waals surface area (Å²) in [6.45, 7) is 11.9. The number of rotatable bonds is 7. The van der Waals surface area contributed by atoms with Crippen LogP contribution in [0.15, 0.2) is 36.5 Å². The summed E-state index contributed by atoms with van der Waals surface area (Å²) in [6.07, 6.45) is 9.25. The molecule has 0 amide bonds. The van der Waals surface area contributed by atoms with Gasteiger partial charge < -0.3 is 0 Å². The van der Waals surface area contributed by atoms with Gasteiger partial charge in [-0.1, -0.05) is 57.2 Å². The van der Waals surface area contributed by atoms with Gasteiger partial charge in [0.2, 0.25) is 0 Å². The molecule has 0 N–H and O–H groups in total. The molecular formula is C15H24O. The molecule has 0 aliphatic rings. The first-order chi connectivity index (χ1) is 7.45. The van der Waals surface area contributed by atoms with Crippen molar-refractivity contribution in [1.29, 1.82) is 0 Å². The van der Waals surface area contributed by atoms with Crippen LogP contribution in [-0.2, 0) is 4.79 Å². The molecule has 1 unspecified atom stereocenters. The third-order valence-electron chi connectivity index (χ3n) is 2.31. The van der Waals surface area contributed by atoms with Crippen LogP contribution >= 0.6 is 0 Å². The molecule has 0 fully saturated rings. The summed E-state index contributed by atoms with van der Waals surface area (Å²) in [5.41, 5.74) is 1.14. The fraction of sp³-hybridized carbons (Fsp3) is 0.533. The van der Waals surface area contributed by atoms with Gasteiger partial charge in [-0.05, 0) is 18.8 Å². The Morgan fingerprint density at radius 3 is 2.38 bits per heavy atom. The largest absolute Gasteiger partial charge is 0.300 e. The normalized spacial score (nSPS) is 14.4. The van der Waals surface area contributed by atoms with E-state index >= 15 is 0 Å². The van der Waals surface area contributed by atoms with Crippen molar-refractivity contribution < 1.29 is 4.79 Å². The molecule has 0 heterocycles. The fourth-order valence-electron chi connectivity index (χ4n) is 1.43. The second kappa shape index (κ2) is 8.09. The standard InChI is InChI=1S/C15H24O/c1-6-13(4)8-7-9-14(5)11-15(16)10-12(2)3/h6-9,12,14H,1,10-11H2,2-5H3/b9-7+,13-8-. The Hall–Kier alpha value is -1.11. The highest BCUT2D eigenvalue weighted by Gasteiger charge is 2.07. The van der Waals surface area contributed by atoms with Crippen molar-refractivity contribution in [1.82, 2.24) is 0 Å². The van der Waals surface area contributed by atoms with Crippen molar-refractivity contribution in [3.8, 4) is 0 Å². The van der Waals surface area contributed by atoms with Gasteiger partial charge in [0.25, 0.3) is 0 Å². The van der Waals surface area contributed by atoms with E-state index in [1.54, 1.807) is 0 Å². The van der Waals surface area contributed by atoms with Gasteiger partial charge in [0, 0.05) is 12.8 Å². The zero-order valence-corrected chi connectivity index (χ0v) is 11.0. The first-order valence-corrected chi connectivity index (χ1v) is 5.95. The maximum absolute atomic E-state index is 11.6. The highest BCUT2D eigenvalue weighted by Crippen LogP contribution is 2.10. The number of allylic oxidation sites excluding steroid dienone is 5. The van der Waals surface area contributed by atoms with Gasteiger partial charge in [-0.25, -0.2) is 0 Å². The fourth-order valence-corrected chi connectivity index (χ4v) is 1.43. The van der Waals surface area contributed by atoms with Crippen LogP contribution in [0, 0.1) is 11.8 Å². The van der Waals surface area contributed by atoms with E-state index in [2.05, 4.69) is 33.4 Å². The number of carbonyl (C=O) groups excluding carboxylic acids is 1. The molecule has 0 aromatic rings. The molecule has 0 aliphatic carbocycles. The van der Waals surface area contributed by atoms with E-state index in [0.717, 1.165) is 5.57 Å². The van der Waals surface area contributed by atoms with Gasteiger partial charge in [0.1, 0.15) is 5.78 Å². The Balaban J connectivity index is 4.03. The molecule has 1 heteroatoms. The van der Waals surface area contributed by atoms with E-state index in [1.807, 2.05) is 25.2 Å². The average molecular weight is 220 g/mol. The highest BCUT2D eigenvalue weighted by atomic mass is 16.1. The average Bonchev–Trinajstić information content (AvgIpc) is 2.15. The SMILES string of the molecule is C=C/C(C)=C\C=C\C(C)CC(=O)CC(C)C. The number of hydrogen-bond acceptors (Lipinski definition) is 1. The van der Waals surface area contributed by atoms with Gasteiger partial charge in [-0.15, -0.1) is 0 Å². The maximum Gasteiger partial charge on any atom is 0.133 e. The number of Topliss-reactive ketones (excluding diaryl/α,β-unsaturated/α-hetero) is 1. The molecule has 1 nitrogen and oxygen atoms in total. The lowest BCUT2D eigenvalue weighted by Gasteiger charge is -2.06. The molecular weight excluding hydrogens is 196 g/mol. The summed E-state index contributed by atoms with van der Waals surface area (Å²) >= 11 is 0. The molecule has 0 spiro atoms. The van der Waals surface area contributed by atoms with Gasteiger partial charge in [0.05, 0.1) is 0 Å². The quantitative estimate of drug-likeness (QED) is 0.584. The lowest BCUT2D eigenvalue weighted by Crippen LogP contribution is -2.06. The molecule has 0 saturated carbocycles. The molecule has 0 radical (unpaired) electrons. The molecule has 0 saturated heterocycles. The summed E-state index contributed by atoms with van der Waals surface area (Å²) in [4.78, 5) is 11.6. The van der Waals surface area contributed by atoms with Crippen LogP contribution in [0.1, 0.15) is 40.5 Å². The van der Waals surface area contributed by atoms with E-state index in [-0.39, 0.29) is 0 Å². The summed E-state index contributed by atoms with van der Waals surface area (Å²) in [5.74, 6) is 1.14. The molecule has 0 rings (SSSR count). The van der Waals surface area contributed by atoms with E-state index in [4.69, 9.17) is 0 Å². The van der Waals surface area contributed by atoms with Crippen LogP contribution in [0.25, 0.3) is 0 Å². The number of hydrogen-bond donors (Lipinski definition) is 0. The van der Waals surface area contributed by atoms with Crippen LogP contribution in [0.5, 0.6) is 0 Å². The summed E-state index contributed by atoms with van der Waals surface area (Å²) in [5, 5.41) is 0. The minimum absolute atomic E-state index is 0.320. The van der Waals surface area contributed by atoms with Crippen molar-refractivity contribution in [2.45, 2.75) is 40.5 Å². The van der Waals surface area contributed by atoms with E-state index < -0.39 is 0 Å². The lowest BCUT2D eigenvalue weighted by molar-refractivity contribution is -0.120. The van der Waals surface area contributed by atoms with Gasteiger partial charge in [0.15, 0.2) is 0 Å². The number of carbonyl (C=O) groups is 1. The Morgan fingerprint density at radius 1 is 1.25 bits per heavy atom. The monoisotopic (exact) mass is 220 g/mol. The molecule has 0 bridgehead atoms. The predicted molar refractivity (Wildman–Crippen MR) is 71.3 cm³/mol. The Morgan fingerprint density at radius 2 is 1.88 bits per heavy atom. The topological polar surface area (TPSA) is 17.1 Å². The first-order valence-electron chi connectivity index (χ1n) is 5.95. The van der Waals surface area contributed by atoms with Crippen molar-refractivity contribution in [3.05, 3.63) is 36.5 Å².